The third kappa shape index (κ3) is 3.91. The molecule has 0 spiro atoms. The molecule has 1 fully saturated rings. The molecule has 4 rings (SSSR count). The Morgan fingerprint density at radius 1 is 1.00 bits per heavy atom. The lowest BCUT2D eigenvalue weighted by molar-refractivity contribution is 0.153. The summed E-state index contributed by atoms with van der Waals surface area (Å²) >= 11 is 0. The number of piperazine rings is 1. The molecule has 1 saturated heterocycles. The lowest BCUT2D eigenvalue weighted by atomic mass is 10.1. The fourth-order valence-electron chi connectivity index (χ4n) is 3.56. The van der Waals surface area contributed by atoms with E-state index in [2.05, 4.69) is 5.32 Å². The molecular formula is C21H24F3N3O2S. The highest BCUT2D eigenvalue weighted by atomic mass is 32.2. The van der Waals surface area contributed by atoms with Gasteiger partial charge in [-0.05, 0) is 24.3 Å². The van der Waals surface area contributed by atoms with E-state index in [0.29, 0.717) is 31.9 Å². The van der Waals surface area contributed by atoms with Gasteiger partial charge in [0.15, 0.2) is 0 Å². The summed E-state index contributed by atoms with van der Waals surface area (Å²) in [5, 5.41) is 3.37. The van der Waals surface area contributed by atoms with Gasteiger partial charge in [0.25, 0.3) is 16.4 Å². The lowest BCUT2D eigenvalue weighted by Crippen LogP contribution is -2.43. The van der Waals surface area contributed by atoms with E-state index >= 15 is 0 Å². The van der Waals surface area contributed by atoms with E-state index in [0.717, 1.165) is 22.3 Å². The lowest BCUT2D eigenvalue weighted by Gasteiger charge is -2.30. The molecule has 0 amide bonds. The Bertz CT molecular complexity index is 1120. The highest BCUT2D eigenvalue weighted by molar-refractivity contribution is 7.90. The molecule has 0 radical (unpaired) electrons. The van der Waals surface area contributed by atoms with Gasteiger partial charge in [-0.3, -0.25) is 0 Å². The van der Waals surface area contributed by atoms with Gasteiger partial charge in [0.2, 0.25) is 0 Å². The Kier molecular flexibility index (Phi) is 6.72. The fourth-order valence-corrected chi connectivity index (χ4v) is 5.00. The molecule has 1 N–H and O–H groups in total. The smallest absolute Gasteiger partial charge is 0.271 e. The van der Waals surface area contributed by atoms with Gasteiger partial charge in [-0.25, -0.2) is 25.6 Å². The topological polar surface area (TPSA) is 54.3 Å². The van der Waals surface area contributed by atoms with Crippen molar-refractivity contribution in [1.82, 2.24) is 9.29 Å². The average Bonchev–Trinajstić information content (AvgIpc) is 3.17. The second-order valence-electron chi connectivity index (χ2n) is 6.52. The molecule has 162 valence electrons. The maximum Gasteiger partial charge on any atom is 0.271 e. The summed E-state index contributed by atoms with van der Waals surface area (Å²) in [6.07, 6.45) is -1.97. The van der Waals surface area contributed by atoms with Gasteiger partial charge in [0, 0.05) is 49.0 Å². The summed E-state index contributed by atoms with van der Waals surface area (Å²) in [4.78, 5) is 1.39. The number of alkyl halides is 2. The minimum atomic E-state index is -4.38. The normalized spacial score (nSPS) is 14.7. The molecular weight excluding hydrogens is 415 g/mol. The van der Waals surface area contributed by atoms with E-state index < -0.39 is 27.2 Å². The summed E-state index contributed by atoms with van der Waals surface area (Å²) in [7, 11) is -4.38. The van der Waals surface area contributed by atoms with Crippen LogP contribution in [0.1, 0.15) is 25.8 Å². The van der Waals surface area contributed by atoms with Gasteiger partial charge in [-0.1, -0.05) is 32.0 Å². The quantitative estimate of drug-likeness (QED) is 0.655. The van der Waals surface area contributed by atoms with Crippen molar-refractivity contribution in [3.8, 4) is 0 Å². The first-order valence-electron chi connectivity index (χ1n) is 9.79. The predicted octanol–water partition coefficient (Wildman–Crippen LogP) is 4.39. The van der Waals surface area contributed by atoms with E-state index in [9.17, 15) is 21.6 Å². The molecule has 0 unspecified atom stereocenters. The number of nitrogens with zero attached hydrogens (tertiary/aromatic N) is 2. The first-order chi connectivity index (χ1) is 14.4. The zero-order chi connectivity index (χ0) is 21.9. The number of anilines is 1. The molecule has 0 atom stereocenters. The molecule has 3 aromatic rings. The van der Waals surface area contributed by atoms with Crippen molar-refractivity contribution in [1.29, 1.82) is 0 Å². The minimum absolute atomic E-state index is 0.106. The van der Waals surface area contributed by atoms with Crippen molar-refractivity contribution in [2.24, 2.45) is 0 Å². The van der Waals surface area contributed by atoms with Crippen molar-refractivity contribution in [2.75, 3.05) is 31.1 Å². The Balaban J connectivity index is 0.00000124. The maximum absolute atomic E-state index is 14.2. The van der Waals surface area contributed by atoms with E-state index in [1.165, 1.54) is 18.2 Å². The van der Waals surface area contributed by atoms with Crippen LogP contribution >= 0.6 is 0 Å². The van der Waals surface area contributed by atoms with Crippen LogP contribution in [-0.4, -0.2) is 38.6 Å². The Hall–Kier alpha value is -2.52. The molecule has 30 heavy (non-hydrogen) atoms. The van der Waals surface area contributed by atoms with Gasteiger partial charge >= 0.3 is 0 Å². The molecule has 0 bridgehead atoms. The summed E-state index contributed by atoms with van der Waals surface area (Å²) in [5.74, 6) is -0.929. The van der Waals surface area contributed by atoms with Crippen LogP contribution in [0.25, 0.3) is 10.9 Å². The molecule has 1 aromatic heterocycles. The van der Waals surface area contributed by atoms with E-state index in [1.54, 1.807) is 12.1 Å². The van der Waals surface area contributed by atoms with Crippen molar-refractivity contribution >= 4 is 26.6 Å². The second kappa shape index (κ2) is 9.09. The van der Waals surface area contributed by atoms with Gasteiger partial charge in [-0.15, -0.1) is 0 Å². The van der Waals surface area contributed by atoms with Crippen LogP contribution in [0.4, 0.5) is 18.9 Å². The Labute approximate surface area is 174 Å². The number of fused-ring (bicyclic) bond motifs is 1. The third-order valence-electron chi connectivity index (χ3n) is 4.87. The number of rotatable bonds is 4. The van der Waals surface area contributed by atoms with Crippen LogP contribution in [0.15, 0.2) is 53.6 Å². The molecule has 0 aliphatic carbocycles. The second-order valence-corrected chi connectivity index (χ2v) is 8.31. The highest BCUT2D eigenvalue weighted by Gasteiger charge is 2.28. The van der Waals surface area contributed by atoms with Crippen molar-refractivity contribution in [3.05, 3.63) is 60.0 Å². The zero-order valence-corrected chi connectivity index (χ0v) is 17.6. The Morgan fingerprint density at radius 3 is 2.30 bits per heavy atom. The number of hydrogen-bond donors (Lipinski definition) is 1. The fraction of sp³-hybridized carbons (Fsp3) is 0.333. The summed E-state index contributed by atoms with van der Waals surface area (Å²) in [6, 6.07) is 9.71. The molecule has 0 saturated carbocycles. The van der Waals surface area contributed by atoms with E-state index in [-0.39, 0.29) is 16.5 Å². The van der Waals surface area contributed by atoms with E-state index in [1.807, 2.05) is 18.7 Å². The van der Waals surface area contributed by atoms with Crippen molar-refractivity contribution in [3.63, 3.8) is 0 Å². The monoisotopic (exact) mass is 439 g/mol. The average molecular weight is 440 g/mol. The SMILES string of the molecule is CC.O=S(=O)(c1ccccc1F)n1cc(C(F)F)c2c(N3CCNCC3)cccc21. The van der Waals surface area contributed by atoms with Crippen molar-refractivity contribution < 1.29 is 21.6 Å². The Morgan fingerprint density at radius 2 is 1.67 bits per heavy atom. The van der Waals surface area contributed by atoms with Gasteiger partial charge in [-0.2, -0.15) is 0 Å². The highest BCUT2D eigenvalue weighted by Crippen LogP contribution is 2.38. The third-order valence-corrected chi connectivity index (χ3v) is 6.58. The van der Waals surface area contributed by atoms with Gasteiger partial charge in [0.1, 0.15) is 10.7 Å². The number of hydrogen-bond acceptors (Lipinski definition) is 4. The first kappa shape index (κ1) is 22.2. The number of nitrogens with one attached hydrogen (secondary N) is 1. The molecule has 9 heteroatoms. The standard InChI is InChI=1S/C19H18F3N3O2S.C2H6/c20-14-4-1-2-7-17(14)28(26,27)25-12-13(19(21)22)18-15(5-3-6-16(18)25)24-10-8-23-9-11-24;1-2/h1-7,12,19,23H,8-11H2;1-2H3. The molecule has 1 aliphatic heterocycles. The van der Waals surface area contributed by atoms with Gasteiger partial charge in [0.05, 0.1) is 5.52 Å². The largest absolute Gasteiger partial charge is 0.368 e. The van der Waals surface area contributed by atoms with Crippen molar-refractivity contribution in [2.45, 2.75) is 25.2 Å². The zero-order valence-electron chi connectivity index (χ0n) is 16.8. The molecule has 2 heterocycles. The van der Waals surface area contributed by atoms with Crippen LogP contribution in [0, 0.1) is 5.82 Å². The maximum atomic E-state index is 14.2. The molecule has 1 aliphatic rings. The van der Waals surface area contributed by atoms with Crippen LogP contribution in [0.5, 0.6) is 0 Å². The number of halogens is 3. The van der Waals surface area contributed by atoms with Crippen LogP contribution in [0.2, 0.25) is 0 Å². The predicted molar refractivity (Wildman–Crippen MR) is 112 cm³/mol. The van der Waals surface area contributed by atoms with Gasteiger partial charge < -0.3 is 10.2 Å². The summed E-state index contributed by atoms with van der Waals surface area (Å²) in [5.41, 5.74) is 0.274. The van der Waals surface area contributed by atoms with Crippen LogP contribution in [0.3, 0.4) is 0 Å². The minimum Gasteiger partial charge on any atom is -0.368 e. The van der Waals surface area contributed by atoms with Crippen LogP contribution in [-0.2, 0) is 10.0 Å². The first-order valence-corrected chi connectivity index (χ1v) is 11.2. The molecule has 5 nitrogen and oxygen atoms in total. The van der Waals surface area contributed by atoms with Crippen LogP contribution < -0.4 is 10.2 Å². The number of benzene rings is 2. The number of aromatic nitrogens is 1. The van der Waals surface area contributed by atoms with E-state index in [4.69, 9.17) is 0 Å². The molecule has 2 aromatic carbocycles. The summed E-state index contributed by atoms with van der Waals surface area (Å²) in [6.45, 7) is 6.64. The summed E-state index contributed by atoms with van der Waals surface area (Å²) < 4.78 is 68.6.